The lowest BCUT2D eigenvalue weighted by molar-refractivity contribution is -0.143. The van der Waals surface area contributed by atoms with Gasteiger partial charge in [-0.15, -0.1) is 0 Å². The second kappa shape index (κ2) is 7.00. The molecule has 0 aliphatic heterocycles. The Bertz CT molecular complexity index is 843. The fourth-order valence-electron chi connectivity index (χ4n) is 1.93. The number of carbonyl (C=O) groups excluding carboxylic acids is 1. The first-order valence-corrected chi connectivity index (χ1v) is 6.80. The normalized spacial score (nSPS) is 12.0. The first-order chi connectivity index (χ1) is 12.3. The molecule has 0 saturated heterocycles. The third kappa shape index (κ3) is 4.83. The first kappa shape index (κ1) is 20.4. The molecule has 3 nitrogen and oxygen atoms in total. The molecule has 0 fully saturated rings. The highest BCUT2D eigenvalue weighted by Gasteiger charge is 2.37. The maximum Gasteiger partial charge on any atom is 0.416 e. The quantitative estimate of drug-likeness (QED) is 0.485. The summed E-state index contributed by atoms with van der Waals surface area (Å²) in [5.74, 6) is -5.29. The number of hydrogen-bond donors (Lipinski definition) is 2. The van der Waals surface area contributed by atoms with Gasteiger partial charge in [-0.25, -0.2) is 18.0 Å². The third-order valence-electron chi connectivity index (χ3n) is 3.13. The SMILES string of the molecule is O=C(Nc1cc(C(F)(F)F)cc(C(F)(F)F)c1)Nc1ccc(F)c(F)c1F. The van der Waals surface area contributed by atoms with Crippen molar-refractivity contribution in [2.45, 2.75) is 12.4 Å². The molecule has 27 heavy (non-hydrogen) atoms. The number of amides is 2. The van der Waals surface area contributed by atoms with E-state index in [1.807, 2.05) is 0 Å². The van der Waals surface area contributed by atoms with Gasteiger partial charge in [0.15, 0.2) is 17.5 Å². The number of rotatable bonds is 2. The number of halogens is 9. The van der Waals surface area contributed by atoms with Gasteiger partial charge < -0.3 is 10.6 Å². The minimum Gasteiger partial charge on any atom is -0.308 e. The van der Waals surface area contributed by atoms with Crippen LogP contribution in [0.15, 0.2) is 30.3 Å². The van der Waals surface area contributed by atoms with E-state index >= 15 is 0 Å². The van der Waals surface area contributed by atoms with Crippen molar-refractivity contribution in [1.29, 1.82) is 0 Å². The minimum atomic E-state index is -5.14. The largest absolute Gasteiger partial charge is 0.416 e. The summed E-state index contributed by atoms with van der Waals surface area (Å²) in [6.45, 7) is 0. The number of benzene rings is 2. The molecule has 12 heteroatoms. The molecular weight excluding hydrogens is 395 g/mol. The van der Waals surface area contributed by atoms with Crippen molar-refractivity contribution in [3.8, 4) is 0 Å². The van der Waals surface area contributed by atoms with Crippen LogP contribution in [-0.4, -0.2) is 6.03 Å². The number of anilines is 2. The van der Waals surface area contributed by atoms with Gasteiger partial charge in [0, 0.05) is 5.69 Å². The molecule has 0 heterocycles. The molecule has 0 unspecified atom stereocenters. The van der Waals surface area contributed by atoms with E-state index in [9.17, 15) is 44.3 Å². The number of hydrogen-bond acceptors (Lipinski definition) is 1. The molecule has 0 spiro atoms. The van der Waals surface area contributed by atoms with E-state index in [1.54, 1.807) is 10.6 Å². The maximum absolute atomic E-state index is 13.4. The topological polar surface area (TPSA) is 41.1 Å². The van der Waals surface area contributed by atoms with Crippen molar-refractivity contribution in [3.05, 3.63) is 58.9 Å². The number of urea groups is 1. The van der Waals surface area contributed by atoms with Gasteiger partial charge in [-0.05, 0) is 30.3 Å². The molecule has 2 rings (SSSR count). The summed E-state index contributed by atoms with van der Waals surface area (Å²) in [6, 6.07) is -0.127. The molecule has 2 amide bonds. The molecule has 146 valence electrons. The summed E-state index contributed by atoms with van der Waals surface area (Å²) in [7, 11) is 0. The summed E-state index contributed by atoms with van der Waals surface area (Å²) in [5.41, 5.74) is -5.16. The Balaban J connectivity index is 2.31. The molecule has 0 aliphatic rings. The Labute approximate surface area is 144 Å². The van der Waals surface area contributed by atoms with E-state index in [2.05, 4.69) is 0 Å². The summed E-state index contributed by atoms with van der Waals surface area (Å²) < 4.78 is 116. The van der Waals surface area contributed by atoms with Crippen LogP contribution in [0.4, 0.5) is 55.7 Å². The van der Waals surface area contributed by atoms with Crippen molar-refractivity contribution in [1.82, 2.24) is 0 Å². The van der Waals surface area contributed by atoms with Gasteiger partial charge in [0.2, 0.25) is 0 Å². The van der Waals surface area contributed by atoms with Gasteiger partial charge in [0.25, 0.3) is 0 Å². The zero-order valence-corrected chi connectivity index (χ0v) is 12.7. The average Bonchev–Trinajstić information content (AvgIpc) is 2.53. The van der Waals surface area contributed by atoms with E-state index in [1.165, 1.54) is 0 Å². The van der Waals surface area contributed by atoms with Crippen molar-refractivity contribution in [2.24, 2.45) is 0 Å². The Kier molecular flexibility index (Phi) is 5.29. The van der Waals surface area contributed by atoms with Gasteiger partial charge >= 0.3 is 18.4 Å². The number of alkyl halides is 6. The minimum absolute atomic E-state index is 0.155. The summed E-state index contributed by atoms with van der Waals surface area (Å²) in [6.07, 6.45) is -10.3. The lowest BCUT2D eigenvalue weighted by Crippen LogP contribution is -2.21. The molecule has 0 aromatic heterocycles. The van der Waals surface area contributed by atoms with Crippen LogP contribution in [-0.2, 0) is 12.4 Å². The fourth-order valence-corrected chi connectivity index (χ4v) is 1.93. The van der Waals surface area contributed by atoms with Crippen LogP contribution in [0.5, 0.6) is 0 Å². The average molecular weight is 402 g/mol. The molecule has 0 saturated carbocycles. The van der Waals surface area contributed by atoms with Crippen LogP contribution in [0, 0.1) is 17.5 Å². The summed E-state index contributed by atoms with van der Waals surface area (Å²) >= 11 is 0. The van der Waals surface area contributed by atoms with Crippen LogP contribution in [0.2, 0.25) is 0 Å². The lowest BCUT2D eigenvalue weighted by Gasteiger charge is -2.15. The standard InChI is InChI=1S/C15H7F9N2O/c16-9-1-2-10(12(18)11(9)17)26-13(27)25-8-4-6(14(19,20)21)3-7(5-8)15(22,23)24/h1-5H,(H2,25,26,27). The fraction of sp³-hybridized carbons (Fsp3) is 0.133. The number of nitrogens with one attached hydrogen (secondary N) is 2. The van der Waals surface area contributed by atoms with Crippen molar-refractivity contribution < 1.29 is 44.3 Å². The Morgan fingerprint density at radius 1 is 0.741 bits per heavy atom. The number of carbonyl (C=O) groups is 1. The van der Waals surface area contributed by atoms with Crippen molar-refractivity contribution >= 4 is 17.4 Å². The van der Waals surface area contributed by atoms with Crippen LogP contribution in [0.3, 0.4) is 0 Å². The molecular formula is C15H7F9N2O. The van der Waals surface area contributed by atoms with Crippen LogP contribution in [0.1, 0.15) is 11.1 Å². The monoisotopic (exact) mass is 402 g/mol. The second-order valence-corrected chi connectivity index (χ2v) is 5.10. The Morgan fingerprint density at radius 2 is 1.26 bits per heavy atom. The van der Waals surface area contributed by atoms with Gasteiger partial charge in [-0.2, -0.15) is 26.3 Å². The Morgan fingerprint density at radius 3 is 1.74 bits per heavy atom. The van der Waals surface area contributed by atoms with Gasteiger partial charge in [-0.3, -0.25) is 0 Å². The van der Waals surface area contributed by atoms with Crippen LogP contribution >= 0.6 is 0 Å². The van der Waals surface area contributed by atoms with Crippen LogP contribution < -0.4 is 10.6 Å². The molecule has 0 bridgehead atoms. The highest BCUT2D eigenvalue weighted by Crippen LogP contribution is 2.37. The first-order valence-electron chi connectivity index (χ1n) is 6.80. The zero-order chi connectivity index (χ0) is 20.6. The third-order valence-corrected chi connectivity index (χ3v) is 3.13. The predicted octanol–water partition coefficient (Wildman–Crippen LogP) is 5.79. The zero-order valence-electron chi connectivity index (χ0n) is 12.7. The highest BCUT2D eigenvalue weighted by molar-refractivity contribution is 5.99. The molecule has 2 aromatic rings. The van der Waals surface area contributed by atoms with Crippen molar-refractivity contribution in [2.75, 3.05) is 10.6 Å². The Hall–Kier alpha value is -2.92. The van der Waals surface area contributed by atoms with E-state index in [4.69, 9.17) is 0 Å². The van der Waals surface area contributed by atoms with E-state index in [0.717, 1.165) is 0 Å². The maximum atomic E-state index is 13.4. The second-order valence-electron chi connectivity index (χ2n) is 5.10. The molecule has 2 aromatic carbocycles. The van der Waals surface area contributed by atoms with Gasteiger partial charge in [-0.1, -0.05) is 0 Å². The van der Waals surface area contributed by atoms with E-state index < -0.39 is 58.3 Å². The highest BCUT2D eigenvalue weighted by atomic mass is 19.4. The summed E-state index contributed by atoms with van der Waals surface area (Å²) in [4.78, 5) is 11.7. The lowest BCUT2D eigenvalue weighted by atomic mass is 10.1. The van der Waals surface area contributed by atoms with E-state index in [0.29, 0.717) is 12.1 Å². The summed E-state index contributed by atoms with van der Waals surface area (Å²) in [5, 5.41) is 3.29. The molecule has 0 aliphatic carbocycles. The van der Waals surface area contributed by atoms with Crippen LogP contribution in [0.25, 0.3) is 0 Å². The molecule has 2 N–H and O–H groups in total. The van der Waals surface area contributed by atoms with Crippen molar-refractivity contribution in [3.63, 3.8) is 0 Å². The van der Waals surface area contributed by atoms with E-state index in [-0.39, 0.29) is 18.2 Å². The molecule has 0 radical (unpaired) electrons. The van der Waals surface area contributed by atoms with Gasteiger partial charge in [0.1, 0.15) is 0 Å². The molecule has 0 atom stereocenters. The van der Waals surface area contributed by atoms with Gasteiger partial charge in [0.05, 0.1) is 16.8 Å². The smallest absolute Gasteiger partial charge is 0.308 e. The predicted molar refractivity (Wildman–Crippen MR) is 75.4 cm³/mol.